The van der Waals surface area contributed by atoms with E-state index in [-0.39, 0.29) is 39.3 Å². The summed E-state index contributed by atoms with van der Waals surface area (Å²) in [7, 11) is 0. The predicted octanol–water partition coefficient (Wildman–Crippen LogP) is 6.08. The van der Waals surface area contributed by atoms with Gasteiger partial charge in [-0.1, -0.05) is 30.2 Å². The molecule has 0 saturated heterocycles. The highest BCUT2D eigenvalue weighted by atomic mass is 35.5. The van der Waals surface area contributed by atoms with Crippen LogP contribution >= 0.6 is 11.6 Å². The van der Waals surface area contributed by atoms with Gasteiger partial charge in [0.05, 0.1) is 63.8 Å². The maximum absolute atomic E-state index is 15.5. The van der Waals surface area contributed by atoms with Crippen LogP contribution in [0.2, 0.25) is 5.02 Å². The molecule has 5 heterocycles. The number of nitrogens with zero attached hydrogens (tertiary/aromatic N) is 8. The summed E-state index contributed by atoms with van der Waals surface area (Å²) in [6.07, 6.45) is -4.31. The van der Waals surface area contributed by atoms with Gasteiger partial charge in [-0.3, -0.25) is 23.8 Å². The highest BCUT2D eigenvalue weighted by molar-refractivity contribution is 6.31. The first kappa shape index (κ1) is 33.5. The highest BCUT2D eigenvalue weighted by Crippen LogP contribution is 2.35. The Morgan fingerprint density at radius 2 is 1.83 bits per heavy atom. The maximum atomic E-state index is 15.5. The summed E-state index contributed by atoms with van der Waals surface area (Å²) >= 11 is 6.02. The number of aromatic nitrogens is 8. The minimum absolute atomic E-state index is 0.116. The van der Waals surface area contributed by atoms with Gasteiger partial charge >= 0.3 is 18.3 Å². The molecule has 0 fully saturated rings. The van der Waals surface area contributed by atoms with Crippen molar-refractivity contribution < 1.29 is 49.5 Å². The van der Waals surface area contributed by atoms with Crippen molar-refractivity contribution in [1.29, 1.82) is 0 Å². The second-order valence-electron chi connectivity index (χ2n) is 11.2. The second-order valence-corrected chi connectivity index (χ2v) is 11.7. The number of carbonyl (C=O) groups excluding carboxylic acids is 1. The Bertz CT molecular complexity index is 2310. The van der Waals surface area contributed by atoms with Crippen molar-refractivity contribution in [2.45, 2.75) is 44.6 Å². The number of benzene rings is 1. The zero-order valence-corrected chi connectivity index (χ0v) is 27.0. The summed E-state index contributed by atoms with van der Waals surface area (Å²) in [5.74, 6) is -4.63. The Balaban J connectivity index is 0.000000757. The molecule has 5 aromatic rings. The number of aliphatic carboxylic acids is 1. The van der Waals surface area contributed by atoms with Gasteiger partial charge in [-0.15, -0.1) is 5.10 Å². The fourth-order valence-corrected chi connectivity index (χ4v) is 5.35. The zero-order valence-electron chi connectivity index (χ0n) is 29.2. The SMILES string of the molecule is O=C(O)C(F)(F)F.[2H]C([2H])([2H])n1ncc2c1-c1ccnc(c1)[C@@H](n1cnc(-c3c(-n4cc(C(F)(F)F)nn4)ccc(Cl)c3F)cc1=O)CCC[C@@H](C)C(=O)N2. The van der Waals surface area contributed by atoms with Crippen molar-refractivity contribution in [3.8, 4) is 28.2 Å². The third-order valence-electron chi connectivity index (χ3n) is 7.76. The fourth-order valence-electron chi connectivity index (χ4n) is 5.20. The van der Waals surface area contributed by atoms with Crippen LogP contribution < -0.4 is 10.9 Å². The third kappa shape index (κ3) is 7.95. The molecule has 0 saturated carbocycles. The highest BCUT2D eigenvalue weighted by Gasteiger charge is 2.38. The number of fused-ring (bicyclic) bond motifs is 4. The molecule has 6 rings (SSSR count). The summed E-state index contributed by atoms with van der Waals surface area (Å²) in [5.41, 5.74) is -1.76. The molecular weight excluding hydrogens is 731 g/mol. The number of rotatable bonds is 3. The van der Waals surface area contributed by atoms with Crippen molar-refractivity contribution in [2.75, 3.05) is 5.32 Å². The van der Waals surface area contributed by atoms with Crippen LogP contribution in [0, 0.1) is 11.7 Å². The van der Waals surface area contributed by atoms with E-state index in [1.54, 1.807) is 19.1 Å². The minimum atomic E-state index is -5.08. The van der Waals surface area contributed by atoms with E-state index in [0.717, 1.165) is 23.1 Å². The number of nitrogens with one attached hydrogen (secondary N) is 1. The van der Waals surface area contributed by atoms with Crippen molar-refractivity contribution in [1.82, 2.24) is 39.3 Å². The average Bonchev–Trinajstić information content (AvgIpc) is 3.76. The number of pyridine rings is 1. The number of hydrogen-bond acceptors (Lipinski definition) is 8. The number of anilines is 1. The molecule has 0 unspecified atom stereocenters. The number of carbonyl (C=O) groups is 2. The number of halogens is 8. The molecule has 13 nitrogen and oxygen atoms in total. The van der Waals surface area contributed by atoms with Gasteiger partial charge in [0.2, 0.25) is 5.91 Å². The van der Waals surface area contributed by atoms with Crippen LogP contribution in [0.5, 0.6) is 0 Å². The lowest BCUT2D eigenvalue weighted by atomic mass is 9.97. The van der Waals surface area contributed by atoms with Crippen molar-refractivity contribution >= 4 is 29.2 Å². The average molecular weight is 759 g/mol. The molecule has 1 amide bonds. The number of carboxylic acid groups (broad SMARTS) is 1. The molecule has 0 aliphatic carbocycles. The van der Waals surface area contributed by atoms with E-state index < -0.39 is 54.3 Å². The smallest absolute Gasteiger partial charge is 0.475 e. The number of hydrogen-bond donors (Lipinski definition) is 2. The van der Waals surface area contributed by atoms with E-state index in [1.165, 1.54) is 23.0 Å². The van der Waals surface area contributed by atoms with Gasteiger partial charge in [-0.25, -0.2) is 18.9 Å². The van der Waals surface area contributed by atoms with Gasteiger partial charge in [-0.2, -0.15) is 31.4 Å². The molecule has 2 atom stereocenters. The van der Waals surface area contributed by atoms with E-state index in [9.17, 15) is 35.9 Å². The number of amides is 1. The fraction of sp³-hybridized carbons (Fsp3) is 0.290. The summed E-state index contributed by atoms with van der Waals surface area (Å²) in [6.45, 7) is -0.969. The quantitative estimate of drug-likeness (QED) is 0.208. The van der Waals surface area contributed by atoms with E-state index in [0.29, 0.717) is 41.4 Å². The van der Waals surface area contributed by atoms with Gasteiger partial charge in [0.1, 0.15) is 0 Å². The van der Waals surface area contributed by atoms with E-state index in [2.05, 4.69) is 30.7 Å². The molecule has 1 aliphatic rings. The summed E-state index contributed by atoms with van der Waals surface area (Å²) in [4.78, 5) is 44.4. The topological polar surface area (TPSA) is 163 Å². The standard InChI is InChI=1S/C29H24ClF4N9O2.C2HF3O2/c1-15-4-3-5-21(18-10-16(8-9-35-18)27-20(38-28(15)45)12-37-41(27)2)42-14-36-19(11-24(42)44)25-22(7-6-17(30)26(25)31)43-13-23(39-40-43)29(32,33)34;3-2(4,5)1(6)7/h6-15,21H,3-5H2,1-2H3,(H,38,45);(H,6,7)/t15-,21+;/m1./s1/i2D3;. The summed E-state index contributed by atoms with van der Waals surface area (Å²) in [6, 6.07) is 5.72. The normalized spacial score (nSPS) is 17.6. The third-order valence-corrected chi connectivity index (χ3v) is 8.05. The molecule has 52 heavy (non-hydrogen) atoms. The number of carboxylic acids is 1. The molecule has 2 bridgehead atoms. The van der Waals surface area contributed by atoms with Gasteiger partial charge < -0.3 is 10.4 Å². The largest absolute Gasteiger partial charge is 0.490 e. The molecule has 4 aromatic heterocycles. The number of alkyl halides is 6. The van der Waals surface area contributed by atoms with Gasteiger partial charge in [0.25, 0.3) is 5.56 Å². The molecule has 0 radical (unpaired) electrons. The molecule has 21 heteroatoms. The Morgan fingerprint density at radius 1 is 1.10 bits per heavy atom. The minimum Gasteiger partial charge on any atom is -0.475 e. The molecule has 2 N–H and O–H groups in total. The molecular formula is C31H25ClF7N9O4. The van der Waals surface area contributed by atoms with E-state index >= 15 is 4.39 Å². The molecule has 274 valence electrons. The Kier molecular flexibility index (Phi) is 9.35. The monoisotopic (exact) mass is 758 g/mol. The summed E-state index contributed by atoms with van der Waals surface area (Å²) in [5, 5.41) is 20.1. The lowest BCUT2D eigenvalue weighted by Crippen LogP contribution is -2.27. The lowest BCUT2D eigenvalue weighted by molar-refractivity contribution is -0.192. The molecule has 0 spiro atoms. The number of aryl methyl sites for hydroxylation is 1. The summed E-state index contributed by atoms with van der Waals surface area (Å²) < 4.78 is 114. The zero-order chi connectivity index (χ0) is 40.6. The van der Waals surface area contributed by atoms with Crippen LogP contribution in [0.1, 0.15) is 47.7 Å². The van der Waals surface area contributed by atoms with Gasteiger partial charge in [0.15, 0.2) is 11.5 Å². The van der Waals surface area contributed by atoms with Crippen LogP contribution in [0.15, 0.2) is 60.0 Å². The Morgan fingerprint density at radius 3 is 2.46 bits per heavy atom. The van der Waals surface area contributed by atoms with Crippen LogP contribution in [0.25, 0.3) is 28.2 Å². The second kappa shape index (κ2) is 14.5. The van der Waals surface area contributed by atoms with Crippen molar-refractivity contribution in [2.24, 2.45) is 12.9 Å². The maximum Gasteiger partial charge on any atom is 0.490 e. The van der Waals surface area contributed by atoms with Crippen LogP contribution in [-0.2, 0) is 22.7 Å². The Hall–Kier alpha value is -5.66. The lowest BCUT2D eigenvalue weighted by Gasteiger charge is -2.22. The van der Waals surface area contributed by atoms with Crippen LogP contribution in [-0.4, -0.2) is 62.5 Å². The first-order chi connectivity index (χ1) is 25.6. The van der Waals surface area contributed by atoms with Gasteiger partial charge in [-0.05, 0) is 37.1 Å². The first-order valence-electron chi connectivity index (χ1n) is 16.3. The Labute approximate surface area is 296 Å². The van der Waals surface area contributed by atoms with E-state index in [1.807, 2.05) is 0 Å². The van der Waals surface area contributed by atoms with Crippen molar-refractivity contribution in [3.63, 3.8) is 0 Å². The molecule has 1 aliphatic heterocycles. The van der Waals surface area contributed by atoms with Crippen molar-refractivity contribution in [3.05, 3.63) is 87.8 Å². The van der Waals surface area contributed by atoms with Crippen LogP contribution in [0.3, 0.4) is 0 Å². The predicted molar refractivity (Wildman–Crippen MR) is 169 cm³/mol. The first-order valence-corrected chi connectivity index (χ1v) is 15.2. The van der Waals surface area contributed by atoms with Crippen LogP contribution in [0.4, 0.5) is 36.4 Å². The van der Waals surface area contributed by atoms with Gasteiger partial charge in [0, 0.05) is 34.8 Å². The van der Waals surface area contributed by atoms with E-state index in [4.69, 9.17) is 25.6 Å². The molecule has 1 aromatic carbocycles.